The molecule has 0 N–H and O–H groups in total. The van der Waals surface area contributed by atoms with Crippen LogP contribution in [-0.2, 0) is 9.53 Å². The summed E-state index contributed by atoms with van der Waals surface area (Å²) in [5.74, 6) is 1.08. The van der Waals surface area contributed by atoms with Crippen LogP contribution in [0, 0.1) is 11.8 Å². The van der Waals surface area contributed by atoms with Crippen molar-refractivity contribution >= 4 is 6.47 Å². The number of hydrogen-bond donors (Lipinski definition) is 0. The molecule has 0 saturated heterocycles. The molecule has 0 radical (unpaired) electrons. The molecule has 12 heavy (non-hydrogen) atoms. The van der Waals surface area contributed by atoms with E-state index < -0.39 is 0 Å². The fourth-order valence-corrected chi connectivity index (χ4v) is 1.39. The molecule has 0 rings (SSSR count). The summed E-state index contributed by atoms with van der Waals surface area (Å²) in [6.07, 6.45) is 2.44. The molecule has 0 aliphatic rings. The minimum atomic E-state index is 0.0454. The second kappa shape index (κ2) is 6.04. The zero-order valence-electron chi connectivity index (χ0n) is 8.54. The Morgan fingerprint density at radius 2 is 1.92 bits per heavy atom. The van der Waals surface area contributed by atoms with Crippen LogP contribution < -0.4 is 0 Å². The molecule has 0 amide bonds. The van der Waals surface area contributed by atoms with Crippen LogP contribution >= 0.6 is 0 Å². The number of rotatable bonds is 6. The normalized spacial score (nSPS) is 18.0. The Morgan fingerprint density at radius 1 is 1.33 bits per heavy atom. The molecule has 0 bridgehead atoms. The highest BCUT2D eigenvalue weighted by Gasteiger charge is 2.18. The number of carbonyl (C=O) groups is 1. The Bertz CT molecular complexity index is 123. The van der Waals surface area contributed by atoms with E-state index in [2.05, 4.69) is 20.8 Å². The largest absolute Gasteiger partial charge is 0.465 e. The second-order valence-electron chi connectivity index (χ2n) is 3.56. The second-order valence-corrected chi connectivity index (χ2v) is 3.56. The molecule has 2 nitrogen and oxygen atoms in total. The van der Waals surface area contributed by atoms with Crippen molar-refractivity contribution in [1.82, 2.24) is 0 Å². The minimum absolute atomic E-state index is 0.0454. The van der Waals surface area contributed by atoms with Gasteiger partial charge in [0.1, 0.15) is 6.10 Å². The molecule has 0 fully saturated rings. The average Bonchev–Trinajstić information content (AvgIpc) is 2.04. The van der Waals surface area contributed by atoms with Gasteiger partial charge in [0, 0.05) is 0 Å². The van der Waals surface area contributed by atoms with E-state index in [4.69, 9.17) is 4.74 Å². The van der Waals surface area contributed by atoms with E-state index in [0.29, 0.717) is 18.3 Å². The van der Waals surface area contributed by atoms with Gasteiger partial charge in [-0.05, 0) is 18.8 Å². The van der Waals surface area contributed by atoms with Crippen LogP contribution in [0.25, 0.3) is 0 Å². The van der Waals surface area contributed by atoms with Crippen molar-refractivity contribution < 1.29 is 9.53 Å². The van der Waals surface area contributed by atoms with E-state index in [9.17, 15) is 4.79 Å². The van der Waals surface area contributed by atoms with Crippen molar-refractivity contribution in [2.45, 2.75) is 46.6 Å². The topological polar surface area (TPSA) is 26.3 Å². The van der Waals surface area contributed by atoms with Crippen LogP contribution in [-0.4, -0.2) is 12.6 Å². The van der Waals surface area contributed by atoms with Gasteiger partial charge >= 0.3 is 0 Å². The first-order chi connectivity index (χ1) is 5.63. The third-order valence-electron chi connectivity index (χ3n) is 2.65. The van der Waals surface area contributed by atoms with E-state index in [1.807, 2.05) is 6.92 Å². The van der Waals surface area contributed by atoms with E-state index in [1.165, 1.54) is 12.8 Å². The monoisotopic (exact) mass is 172 g/mol. The van der Waals surface area contributed by atoms with Gasteiger partial charge in [0.15, 0.2) is 0 Å². The van der Waals surface area contributed by atoms with E-state index in [0.717, 1.165) is 0 Å². The first-order valence-electron chi connectivity index (χ1n) is 4.72. The third-order valence-corrected chi connectivity index (χ3v) is 2.65. The maximum absolute atomic E-state index is 10.1. The zero-order valence-corrected chi connectivity index (χ0v) is 8.54. The Balaban J connectivity index is 3.80. The maximum atomic E-state index is 10.1. The first-order valence-corrected chi connectivity index (χ1v) is 4.72. The summed E-state index contributed by atoms with van der Waals surface area (Å²) in [4.78, 5) is 10.1. The van der Waals surface area contributed by atoms with Crippen molar-refractivity contribution in [3.05, 3.63) is 0 Å². The molecule has 0 aromatic heterocycles. The van der Waals surface area contributed by atoms with Crippen LogP contribution in [0.15, 0.2) is 0 Å². The molecule has 0 aromatic rings. The Kier molecular flexibility index (Phi) is 5.77. The standard InChI is InChI=1S/C10H20O2/c1-5-6-8(2)9(3)10(4)12-7-11/h7-10H,5-6H2,1-4H3. The lowest BCUT2D eigenvalue weighted by Gasteiger charge is -2.24. The van der Waals surface area contributed by atoms with Gasteiger partial charge in [-0.2, -0.15) is 0 Å². The lowest BCUT2D eigenvalue weighted by molar-refractivity contribution is -0.135. The summed E-state index contributed by atoms with van der Waals surface area (Å²) in [5, 5.41) is 0. The summed E-state index contributed by atoms with van der Waals surface area (Å²) in [7, 11) is 0. The van der Waals surface area contributed by atoms with Crippen molar-refractivity contribution in [3.8, 4) is 0 Å². The van der Waals surface area contributed by atoms with Crippen molar-refractivity contribution in [1.29, 1.82) is 0 Å². The van der Waals surface area contributed by atoms with Gasteiger partial charge in [0.25, 0.3) is 6.47 Å². The van der Waals surface area contributed by atoms with Gasteiger partial charge in [-0.3, -0.25) is 4.79 Å². The molecule has 0 aliphatic carbocycles. The predicted molar refractivity (Wildman–Crippen MR) is 49.8 cm³/mol. The van der Waals surface area contributed by atoms with E-state index in [-0.39, 0.29) is 6.10 Å². The molecular weight excluding hydrogens is 152 g/mol. The molecular formula is C10H20O2. The van der Waals surface area contributed by atoms with Crippen molar-refractivity contribution in [2.24, 2.45) is 11.8 Å². The average molecular weight is 172 g/mol. The highest BCUT2D eigenvalue weighted by molar-refractivity contribution is 5.37. The van der Waals surface area contributed by atoms with E-state index in [1.54, 1.807) is 0 Å². The van der Waals surface area contributed by atoms with Crippen LogP contribution in [0.3, 0.4) is 0 Å². The quantitative estimate of drug-likeness (QED) is 0.576. The zero-order chi connectivity index (χ0) is 9.56. The van der Waals surface area contributed by atoms with Crippen molar-refractivity contribution in [3.63, 3.8) is 0 Å². The Morgan fingerprint density at radius 3 is 2.33 bits per heavy atom. The smallest absolute Gasteiger partial charge is 0.293 e. The summed E-state index contributed by atoms with van der Waals surface area (Å²) in [5.41, 5.74) is 0. The maximum Gasteiger partial charge on any atom is 0.293 e. The molecule has 0 aromatic carbocycles. The molecule has 3 atom stereocenters. The molecule has 0 spiro atoms. The highest BCUT2D eigenvalue weighted by Crippen LogP contribution is 2.21. The number of carbonyl (C=O) groups excluding carboxylic acids is 1. The third kappa shape index (κ3) is 3.74. The SMILES string of the molecule is CCCC(C)C(C)C(C)OC=O. The van der Waals surface area contributed by atoms with Gasteiger partial charge in [0.05, 0.1) is 0 Å². The lowest BCUT2D eigenvalue weighted by Crippen LogP contribution is -2.23. The highest BCUT2D eigenvalue weighted by atomic mass is 16.5. The number of hydrogen-bond acceptors (Lipinski definition) is 2. The molecule has 3 unspecified atom stereocenters. The van der Waals surface area contributed by atoms with Gasteiger partial charge in [-0.25, -0.2) is 0 Å². The number of ether oxygens (including phenoxy) is 1. The summed E-state index contributed by atoms with van der Waals surface area (Å²) >= 11 is 0. The molecule has 2 heteroatoms. The fourth-order valence-electron chi connectivity index (χ4n) is 1.39. The van der Waals surface area contributed by atoms with E-state index >= 15 is 0 Å². The summed E-state index contributed by atoms with van der Waals surface area (Å²) in [6, 6.07) is 0. The molecule has 0 saturated carbocycles. The molecule has 0 aliphatic heterocycles. The van der Waals surface area contributed by atoms with Crippen LogP contribution in [0.2, 0.25) is 0 Å². The minimum Gasteiger partial charge on any atom is -0.465 e. The van der Waals surface area contributed by atoms with Gasteiger partial charge < -0.3 is 4.74 Å². The Hall–Kier alpha value is -0.530. The van der Waals surface area contributed by atoms with Crippen LogP contribution in [0.4, 0.5) is 0 Å². The fraction of sp³-hybridized carbons (Fsp3) is 0.900. The molecule has 0 heterocycles. The van der Waals surface area contributed by atoms with Crippen LogP contribution in [0.1, 0.15) is 40.5 Å². The predicted octanol–water partition coefficient (Wildman–Crippen LogP) is 2.62. The lowest BCUT2D eigenvalue weighted by atomic mass is 9.88. The van der Waals surface area contributed by atoms with Gasteiger partial charge in [-0.15, -0.1) is 0 Å². The summed E-state index contributed by atoms with van der Waals surface area (Å²) in [6.45, 7) is 9.01. The molecule has 72 valence electrons. The van der Waals surface area contributed by atoms with Gasteiger partial charge in [0.2, 0.25) is 0 Å². The van der Waals surface area contributed by atoms with Gasteiger partial charge in [-0.1, -0.05) is 33.6 Å². The van der Waals surface area contributed by atoms with Crippen LogP contribution in [0.5, 0.6) is 0 Å². The Labute approximate surface area is 75.3 Å². The first kappa shape index (κ1) is 11.5. The summed E-state index contributed by atoms with van der Waals surface area (Å²) < 4.78 is 4.89. The van der Waals surface area contributed by atoms with Crippen molar-refractivity contribution in [2.75, 3.05) is 0 Å².